The fraction of sp³-hybridized carbons (Fsp3) is 0.0909. The van der Waals surface area contributed by atoms with Gasteiger partial charge in [-0.1, -0.05) is 36.4 Å². The lowest BCUT2D eigenvalue weighted by Gasteiger charge is -2.12. The molecule has 0 fully saturated rings. The van der Waals surface area contributed by atoms with Crippen LogP contribution in [0, 0.1) is 0 Å². The molecule has 2 aromatic carbocycles. The molecule has 0 bridgehead atoms. The summed E-state index contributed by atoms with van der Waals surface area (Å²) >= 11 is 0. The van der Waals surface area contributed by atoms with Crippen molar-refractivity contribution in [3.8, 4) is 11.6 Å². The molecule has 1 N–H and O–H groups in total. The lowest BCUT2D eigenvalue weighted by molar-refractivity contribution is 0.281. The Balaban J connectivity index is 1.73. The molecular weight excluding hydrogens is 340 g/mol. The molecule has 0 aliphatic carbocycles. The number of aliphatic hydroxyl groups is 1. The van der Waals surface area contributed by atoms with Crippen LogP contribution in [-0.4, -0.2) is 14.7 Å². The Hall–Kier alpha value is -3.44. The van der Waals surface area contributed by atoms with Gasteiger partial charge in [-0.25, -0.2) is 4.98 Å². The van der Waals surface area contributed by atoms with Gasteiger partial charge in [0, 0.05) is 18.3 Å². The number of hydrogen-bond donors (Lipinski definition) is 1. The number of hydrogen-bond acceptors (Lipinski definition) is 4. The summed E-state index contributed by atoms with van der Waals surface area (Å²) in [6, 6.07) is 22.4. The van der Waals surface area contributed by atoms with Crippen LogP contribution in [0.5, 0.6) is 5.75 Å². The van der Waals surface area contributed by atoms with E-state index in [1.807, 2.05) is 48.5 Å². The van der Waals surface area contributed by atoms with Crippen LogP contribution in [0.3, 0.4) is 0 Å². The summed E-state index contributed by atoms with van der Waals surface area (Å²) in [5.41, 5.74) is 2.31. The summed E-state index contributed by atoms with van der Waals surface area (Å²) in [6.45, 7) is 0.363. The Morgan fingerprint density at radius 1 is 0.926 bits per heavy atom. The first kappa shape index (κ1) is 17.0. The highest BCUT2D eigenvalue weighted by molar-refractivity contribution is 5.81. The van der Waals surface area contributed by atoms with Gasteiger partial charge in [0.1, 0.15) is 18.2 Å². The van der Waals surface area contributed by atoms with Crippen molar-refractivity contribution in [3.05, 3.63) is 100 Å². The first-order valence-electron chi connectivity index (χ1n) is 8.63. The Labute approximate surface area is 156 Å². The quantitative estimate of drug-likeness (QED) is 0.593. The van der Waals surface area contributed by atoms with Crippen LogP contribution < -0.4 is 10.3 Å². The van der Waals surface area contributed by atoms with Crippen LogP contribution in [-0.2, 0) is 13.2 Å². The molecule has 5 nitrogen and oxygen atoms in total. The van der Waals surface area contributed by atoms with E-state index in [2.05, 4.69) is 4.98 Å². The van der Waals surface area contributed by atoms with E-state index in [1.54, 1.807) is 29.0 Å². The van der Waals surface area contributed by atoms with E-state index >= 15 is 0 Å². The summed E-state index contributed by atoms with van der Waals surface area (Å²) in [4.78, 5) is 16.8. The fourth-order valence-electron chi connectivity index (χ4n) is 2.92. The second-order valence-corrected chi connectivity index (χ2v) is 6.18. The number of benzene rings is 2. The molecule has 0 saturated carbocycles. The minimum absolute atomic E-state index is 0.0881. The Morgan fingerprint density at radius 3 is 2.48 bits per heavy atom. The molecule has 0 spiro atoms. The van der Waals surface area contributed by atoms with Crippen LogP contribution in [0.1, 0.15) is 11.1 Å². The minimum Gasteiger partial charge on any atom is -0.489 e. The standard InChI is InChI=1S/C22H18N2O3/c25-14-17-6-10-21(23-13-17)24-20-12-19(9-7-18(20)8-11-22(24)26)27-15-16-4-2-1-3-5-16/h1-13,25H,14-15H2. The molecule has 2 heterocycles. The third-order valence-electron chi connectivity index (χ3n) is 4.34. The third-order valence-corrected chi connectivity index (χ3v) is 4.34. The highest BCUT2D eigenvalue weighted by Gasteiger charge is 2.08. The maximum absolute atomic E-state index is 12.5. The van der Waals surface area contributed by atoms with Gasteiger partial charge < -0.3 is 9.84 Å². The minimum atomic E-state index is -0.174. The highest BCUT2D eigenvalue weighted by Crippen LogP contribution is 2.22. The van der Waals surface area contributed by atoms with Crippen molar-refractivity contribution in [3.63, 3.8) is 0 Å². The van der Waals surface area contributed by atoms with Crippen LogP contribution in [0.25, 0.3) is 16.7 Å². The van der Waals surface area contributed by atoms with Crippen molar-refractivity contribution in [2.75, 3.05) is 0 Å². The van der Waals surface area contributed by atoms with Gasteiger partial charge in [-0.05, 0) is 40.8 Å². The summed E-state index contributed by atoms with van der Waals surface area (Å²) in [5.74, 6) is 1.18. The molecule has 0 unspecified atom stereocenters. The second kappa shape index (κ2) is 7.43. The van der Waals surface area contributed by atoms with Crippen LogP contribution in [0.4, 0.5) is 0 Å². The molecule has 4 aromatic rings. The van der Waals surface area contributed by atoms with Crippen LogP contribution in [0.2, 0.25) is 0 Å². The van der Waals surface area contributed by atoms with E-state index in [0.717, 1.165) is 16.5 Å². The van der Waals surface area contributed by atoms with Gasteiger partial charge in [-0.3, -0.25) is 9.36 Å². The first-order chi connectivity index (χ1) is 13.2. The van der Waals surface area contributed by atoms with Gasteiger partial charge in [-0.15, -0.1) is 0 Å². The van der Waals surface area contributed by atoms with Gasteiger partial charge in [-0.2, -0.15) is 0 Å². The molecule has 0 aliphatic heterocycles. The average Bonchev–Trinajstić information content (AvgIpc) is 2.73. The van der Waals surface area contributed by atoms with Gasteiger partial charge in [0.25, 0.3) is 5.56 Å². The van der Waals surface area contributed by atoms with Crippen molar-refractivity contribution in [2.45, 2.75) is 13.2 Å². The van der Waals surface area contributed by atoms with Crippen LogP contribution >= 0.6 is 0 Å². The number of ether oxygens (including phenoxy) is 1. The third kappa shape index (κ3) is 3.59. The van der Waals surface area contributed by atoms with Gasteiger partial charge in [0.15, 0.2) is 0 Å². The van der Waals surface area contributed by atoms with Crippen molar-refractivity contribution in [1.82, 2.24) is 9.55 Å². The van der Waals surface area contributed by atoms with Crippen LogP contribution in [0.15, 0.2) is 83.8 Å². The lowest BCUT2D eigenvalue weighted by atomic mass is 10.2. The number of nitrogens with zero attached hydrogens (tertiary/aromatic N) is 2. The fourth-order valence-corrected chi connectivity index (χ4v) is 2.92. The van der Waals surface area contributed by atoms with Crippen molar-refractivity contribution < 1.29 is 9.84 Å². The zero-order chi connectivity index (χ0) is 18.6. The first-order valence-corrected chi connectivity index (χ1v) is 8.63. The van der Waals surface area contributed by atoms with Gasteiger partial charge in [0.2, 0.25) is 0 Å². The van der Waals surface area contributed by atoms with E-state index in [-0.39, 0.29) is 12.2 Å². The normalized spacial score (nSPS) is 10.9. The van der Waals surface area contributed by atoms with Gasteiger partial charge in [0.05, 0.1) is 12.1 Å². The summed E-state index contributed by atoms with van der Waals surface area (Å²) in [6.07, 6.45) is 1.57. The lowest BCUT2D eigenvalue weighted by Crippen LogP contribution is -2.18. The zero-order valence-corrected chi connectivity index (χ0v) is 14.6. The highest BCUT2D eigenvalue weighted by atomic mass is 16.5. The maximum Gasteiger partial charge on any atom is 0.256 e. The van der Waals surface area contributed by atoms with E-state index < -0.39 is 0 Å². The average molecular weight is 358 g/mol. The predicted octanol–water partition coefficient (Wildman–Crippen LogP) is 3.46. The Kier molecular flexibility index (Phi) is 4.68. The largest absolute Gasteiger partial charge is 0.489 e. The molecule has 0 atom stereocenters. The zero-order valence-electron chi connectivity index (χ0n) is 14.6. The molecule has 0 radical (unpaired) electrons. The molecular formula is C22H18N2O3. The number of rotatable bonds is 5. The summed E-state index contributed by atoms with van der Waals surface area (Å²) in [5, 5.41) is 10.1. The van der Waals surface area contributed by atoms with E-state index in [0.29, 0.717) is 23.7 Å². The monoisotopic (exact) mass is 358 g/mol. The van der Waals surface area contributed by atoms with Crippen molar-refractivity contribution in [2.24, 2.45) is 0 Å². The summed E-state index contributed by atoms with van der Waals surface area (Å²) < 4.78 is 7.45. The van der Waals surface area contributed by atoms with E-state index in [9.17, 15) is 9.90 Å². The van der Waals surface area contributed by atoms with Gasteiger partial charge >= 0.3 is 0 Å². The summed E-state index contributed by atoms with van der Waals surface area (Å²) in [7, 11) is 0. The van der Waals surface area contributed by atoms with E-state index in [1.165, 1.54) is 6.07 Å². The smallest absolute Gasteiger partial charge is 0.256 e. The Morgan fingerprint density at radius 2 is 1.74 bits per heavy atom. The number of pyridine rings is 2. The second-order valence-electron chi connectivity index (χ2n) is 6.18. The topological polar surface area (TPSA) is 64.3 Å². The maximum atomic E-state index is 12.5. The molecule has 0 saturated heterocycles. The molecule has 0 amide bonds. The molecule has 2 aromatic heterocycles. The SMILES string of the molecule is O=c1ccc2ccc(OCc3ccccc3)cc2n1-c1ccc(CO)cn1. The van der Waals surface area contributed by atoms with E-state index in [4.69, 9.17) is 4.74 Å². The Bertz CT molecular complexity index is 1120. The molecule has 0 aliphatic rings. The van der Waals surface area contributed by atoms with Crippen molar-refractivity contribution in [1.29, 1.82) is 0 Å². The number of fused-ring (bicyclic) bond motifs is 1. The number of aliphatic hydroxyl groups excluding tert-OH is 1. The van der Waals surface area contributed by atoms with Crippen molar-refractivity contribution >= 4 is 10.9 Å². The number of aromatic nitrogens is 2. The predicted molar refractivity (Wildman–Crippen MR) is 104 cm³/mol. The molecule has 27 heavy (non-hydrogen) atoms. The molecule has 5 heteroatoms. The molecule has 134 valence electrons. The molecule has 4 rings (SSSR count).